The Kier molecular flexibility index (Phi) is 4.15. The number of carbonyl (C=O) groups excluding carboxylic acids is 1. The number of aromatic amines is 1. The fraction of sp³-hybridized carbons (Fsp3) is 0.538. The zero-order valence-electron chi connectivity index (χ0n) is 10.6. The zero-order chi connectivity index (χ0) is 13.0. The molecule has 2 N–H and O–H groups in total. The Hall–Kier alpha value is -1.62. The molecule has 1 unspecified atom stereocenters. The number of rotatable bonds is 3. The van der Waals surface area contributed by atoms with E-state index in [2.05, 4.69) is 10.3 Å². The summed E-state index contributed by atoms with van der Waals surface area (Å²) in [5.74, 6) is 0.327. The molecule has 5 heteroatoms. The minimum absolute atomic E-state index is 0.155. The third-order valence-corrected chi connectivity index (χ3v) is 3.35. The second-order valence-electron chi connectivity index (χ2n) is 4.73. The molecule has 1 saturated heterocycles. The highest BCUT2D eigenvalue weighted by atomic mass is 16.2. The third-order valence-electron chi connectivity index (χ3n) is 3.35. The van der Waals surface area contributed by atoms with Crippen LogP contribution in [-0.2, 0) is 0 Å². The van der Waals surface area contributed by atoms with Crippen LogP contribution in [-0.4, -0.2) is 42.5 Å². The van der Waals surface area contributed by atoms with Gasteiger partial charge in [0.2, 0.25) is 0 Å². The summed E-state index contributed by atoms with van der Waals surface area (Å²) in [5, 5.41) is 3.14. The van der Waals surface area contributed by atoms with Crippen LogP contribution in [0.5, 0.6) is 0 Å². The summed E-state index contributed by atoms with van der Waals surface area (Å²) in [5.41, 5.74) is -0.0687. The van der Waals surface area contributed by atoms with Crippen LogP contribution in [0.2, 0.25) is 0 Å². The van der Waals surface area contributed by atoms with Crippen molar-refractivity contribution in [2.24, 2.45) is 5.92 Å². The number of aromatic nitrogens is 1. The first kappa shape index (κ1) is 12.8. The first-order chi connectivity index (χ1) is 8.72. The normalized spacial score (nSPS) is 19.8. The van der Waals surface area contributed by atoms with Crippen LogP contribution in [0.4, 0.5) is 0 Å². The highest BCUT2D eigenvalue weighted by molar-refractivity contribution is 5.93. The van der Waals surface area contributed by atoms with Gasteiger partial charge in [-0.2, -0.15) is 0 Å². The summed E-state index contributed by atoms with van der Waals surface area (Å²) in [7, 11) is 1.92. The van der Waals surface area contributed by atoms with Gasteiger partial charge in [0.25, 0.3) is 11.5 Å². The Morgan fingerprint density at radius 2 is 2.44 bits per heavy atom. The lowest BCUT2D eigenvalue weighted by molar-refractivity contribution is 0.0672. The smallest absolute Gasteiger partial charge is 0.260 e. The quantitative estimate of drug-likeness (QED) is 0.817. The van der Waals surface area contributed by atoms with Gasteiger partial charge in [-0.3, -0.25) is 9.59 Å². The Balaban J connectivity index is 2.09. The van der Waals surface area contributed by atoms with Gasteiger partial charge < -0.3 is 15.2 Å². The Bertz CT molecular complexity index is 467. The molecule has 1 aromatic rings. The van der Waals surface area contributed by atoms with E-state index in [-0.39, 0.29) is 17.0 Å². The molecular weight excluding hydrogens is 230 g/mol. The maximum atomic E-state index is 12.3. The molecule has 0 saturated carbocycles. The van der Waals surface area contributed by atoms with Gasteiger partial charge >= 0.3 is 0 Å². The number of nitrogens with one attached hydrogen (secondary N) is 2. The molecular formula is C13H19N3O2. The van der Waals surface area contributed by atoms with Crippen LogP contribution in [0.3, 0.4) is 0 Å². The van der Waals surface area contributed by atoms with Crippen molar-refractivity contribution in [3.05, 3.63) is 34.2 Å². The standard InChI is InChI=1S/C13H19N3O2/c1-14-8-10-4-3-7-16(9-10)13(18)11-5-2-6-15-12(11)17/h2,5-6,10,14H,3-4,7-9H2,1H3,(H,15,17). The van der Waals surface area contributed by atoms with Crippen LogP contribution >= 0.6 is 0 Å². The maximum absolute atomic E-state index is 12.3. The molecule has 1 fully saturated rings. The fourth-order valence-corrected chi connectivity index (χ4v) is 2.47. The molecule has 1 aromatic heterocycles. The molecule has 0 spiro atoms. The van der Waals surface area contributed by atoms with E-state index in [9.17, 15) is 9.59 Å². The summed E-state index contributed by atoms with van der Waals surface area (Å²) >= 11 is 0. The van der Waals surface area contributed by atoms with Crippen LogP contribution in [0, 0.1) is 5.92 Å². The predicted molar refractivity (Wildman–Crippen MR) is 69.6 cm³/mol. The van der Waals surface area contributed by atoms with Crippen LogP contribution < -0.4 is 10.9 Å². The first-order valence-corrected chi connectivity index (χ1v) is 6.34. The number of pyridine rings is 1. The van der Waals surface area contributed by atoms with E-state index in [0.29, 0.717) is 5.92 Å². The number of H-pyrrole nitrogens is 1. The summed E-state index contributed by atoms with van der Waals surface area (Å²) in [6.07, 6.45) is 3.68. The molecule has 0 aliphatic carbocycles. The molecule has 1 aliphatic heterocycles. The number of hydrogen-bond acceptors (Lipinski definition) is 3. The molecule has 2 heterocycles. The van der Waals surface area contributed by atoms with Crippen molar-refractivity contribution in [2.75, 3.05) is 26.7 Å². The van der Waals surface area contributed by atoms with Gasteiger partial charge in [0.1, 0.15) is 5.56 Å². The van der Waals surface area contributed by atoms with Gasteiger partial charge in [-0.25, -0.2) is 0 Å². The number of piperidine rings is 1. The maximum Gasteiger partial charge on any atom is 0.260 e. The fourth-order valence-electron chi connectivity index (χ4n) is 2.47. The monoisotopic (exact) mass is 249 g/mol. The molecule has 1 amide bonds. The lowest BCUT2D eigenvalue weighted by Gasteiger charge is -2.32. The number of likely N-dealkylation sites (tertiary alicyclic amines) is 1. The largest absolute Gasteiger partial charge is 0.338 e. The highest BCUT2D eigenvalue weighted by Gasteiger charge is 2.25. The minimum atomic E-state index is -0.307. The van der Waals surface area contributed by atoms with E-state index in [1.54, 1.807) is 23.2 Å². The lowest BCUT2D eigenvalue weighted by atomic mass is 9.97. The molecule has 0 bridgehead atoms. The van der Waals surface area contributed by atoms with Crippen molar-refractivity contribution in [3.8, 4) is 0 Å². The van der Waals surface area contributed by atoms with Crippen LogP contribution in [0.15, 0.2) is 23.1 Å². The molecule has 0 radical (unpaired) electrons. The lowest BCUT2D eigenvalue weighted by Crippen LogP contribution is -2.43. The van der Waals surface area contributed by atoms with E-state index in [4.69, 9.17) is 0 Å². The molecule has 2 rings (SSSR count). The van der Waals surface area contributed by atoms with E-state index in [0.717, 1.165) is 32.5 Å². The summed E-state index contributed by atoms with van der Waals surface area (Å²) in [6, 6.07) is 3.27. The average molecular weight is 249 g/mol. The van der Waals surface area contributed by atoms with Crippen molar-refractivity contribution < 1.29 is 4.79 Å². The van der Waals surface area contributed by atoms with Crippen LogP contribution in [0.25, 0.3) is 0 Å². The topological polar surface area (TPSA) is 65.2 Å². The second-order valence-corrected chi connectivity index (χ2v) is 4.73. The Labute approximate surface area is 106 Å². The number of carbonyl (C=O) groups is 1. The van der Waals surface area contributed by atoms with Crippen molar-refractivity contribution in [1.29, 1.82) is 0 Å². The third kappa shape index (κ3) is 2.79. The predicted octanol–water partition coefficient (Wildman–Crippen LogP) is 0.447. The minimum Gasteiger partial charge on any atom is -0.338 e. The van der Waals surface area contributed by atoms with Gasteiger partial charge in [0.05, 0.1) is 0 Å². The molecule has 5 nitrogen and oxygen atoms in total. The summed E-state index contributed by atoms with van der Waals surface area (Å²) < 4.78 is 0. The van der Waals surface area contributed by atoms with Crippen LogP contribution in [0.1, 0.15) is 23.2 Å². The van der Waals surface area contributed by atoms with Gasteiger partial charge in [-0.15, -0.1) is 0 Å². The molecule has 98 valence electrons. The summed E-state index contributed by atoms with van der Waals surface area (Å²) in [4.78, 5) is 28.2. The van der Waals surface area contributed by atoms with Gasteiger partial charge in [-0.05, 0) is 44.5 Å². The van der Waals surface area contributed by atoms with Gasteiger partial charge in [0.15, 0.2) is 0 Å². The molecule has 1 aliphatic rings. The Morgan fingerprint density at radius 1 is 1.61 bits per heavy atom. The number of amides is 1. The SMILES string of the molecule is CNCC1CCCN(C(=O)c2ccc[nH]c2=O)C1. The molecule has 0 aromatic carbocycles. The first-order valence-electron chi connectivity index (χ1n) is 6.34. The van der Waals surface area contributed by atoms with E-state index in [1.165, 1.54) is 0 Å². The van der Waals surface area contributed by atoms with Crippen molar-refractivity contribution in [3.63, 3.8) is 0 Å². The van der Waals surface area contributed by atoms with E-state index in [1.807, 2.05) is 7.05 Å². The average Bonchev–Trinajstić information content (AvgIpc) is 2.39. The highest BCUT2D eigenvalue weighted by Crippen LogP contribution is 2.17. The second kappa shape index (κ2) is 5.82. The number of nitrogens with zero attached hydrogens (tertiary/aromatic N) is 1. The molecule has 18 heavy (non-hydrogen) atoms. The van der Waals surface area contributed by atoms with Crippen molar-refractivity contribution >= 4 is 5.91 Å². The van der Waals surface area contributed by atoms with E-state index >= 15 is 0 Å². The van der Waals surface area contributed by atoms with Crippen molar-refractivity contribution in [1.82, 2.24) is 15.2 Å². The van der Waals surface area contributed by atoms with Crippen molar-refractivity contribution in [2.45, 2.75) is 12.8 Å². The van der Waals surface area contributed by atoms with Gasteiger partial charge in [0, 0.05) is 19.3 Å². The van der Waals surface area contributed by atoms with Gasteiger partial charge in [-0.1, -0.05) is 0 Å². The Morgan fingerprint density at radius 3 is 3.17 bits per heavy atom. The molecule has 1 atom stereocenters. The van der Waals surface area contributed by atoms with E-state index < -0.39 is 0 Å². The zero-order valence-corrected chi connectivity index (χ0v) is 10.6. The number of hydrogen-bond donors (Lipinski definition) is 2. The summed E-state index contributed by atoms with van der Waals surface area (Å²) in [6.45, 7) is 2.39.